The Morgan fingerprint density at radius 3 is 2.02 bits per heavy atom. The molecule has 2 fully saturated rings. The van der Waals surface area contributed by atoms with Crippen LogP contribution < -0.4 is 0 Å². The average Bonchev–Trinajstić information content (AvgIpc) is 3.80. The maximum absolute atomic E-state index is 15.0. The van der Waals surface area contributed by atoms with E-state index in [1.165, 1.54) is 41.7 Å². The van der Waals surface area contributed by atoms with E-state index in [-0.39, 0.29) is 18.5 Å². The third-order valence-corrected chi connectivity index (χ3v) is 8.20. The molecule has 0 saturated heterocycles. The van der Waals surface area contributed by atoms with E-state index in [4.69, 9.17) is 11.6 Å². The van der Waals surface area contributed by atoms with Crippen molar-refractivity contribution in [3.8, 4) is 0 Å². The van der Waals surface area contributed by atoms with E-state index in [9.17, 15) is 22.4 Å². The molecule has 0 N–H and O–H groups in total. The van der Waals surface area contributed by atoms with E-state index >= 15 is 0 Å². The molecule has 0 bridgehead atoms. The summed E-state index contributed by atoms with van der Waals surface area (Å²) in [5.74, 6) is -0.719. The number of nitrogens with zero attached hydrogens (tertiary/aromatic N) is 1. The summed E-state index contributed by atoms with van der Waals surface area (Å²) >= 11 is 5.82. The fourth-order valence-electron chi connectivity index (χ4n) is 5.22. The average molecular weight is 572 g/mol. The van der Waals surface area contributed by atoms with Gasteiger partial charge < -0.3 is 4.90 Å². The quantitative estimate of drug-likeness (QED) is 0.247. The molecule has 2 aliphatic rings. The van der Waals surface area contributed by atoms with E-state index in [1.54, 1.807) is 0 Å². The zero-order valence-electron chi connectivity index (χ0n) is 23.0. The number of benzene rings is 3. The molecule has 0 unspecified atom stereocenters. The van der Waals surface area contributed by atoms with Crippen LogP contribution in [0, 0.1) is 5.82 Å². The summed E-state index contributed by atoms with van der Waals surface area (Å²) in [6, 6.07) is 15.4. The Kier molecular flexibility index (Phi) is 7.77. The summed E-state index contributed by atoms with van der Waals surface area (Å²) in [4.78, 5) is 15.1. The number of carbonyl (C=O) groups excluding carboxylic acids is 1. The molecule has 0 heterocycles. The van der Waals surface area contributed by atoms with E-state index in [1.807, 2.05) is 24.3 Å². The third kappa shape index (κ3) is 6.54. The molecule has 5 rings (SSSR count). The highest BCUT2D eigenvalue weighted by Gasteiger charge is 2.35. The van der Waals surface area contributed by atoms with Gasteiger partial charge in [0.05, 0.1) is 16.1 Å². The molecule has 0 atom stereocenters. The Bertz CT molecular complexity index is 1400. The van der Waals surface area contributed by atoms with Crippen LogP contribution in [0.3, 0.4) is 0 Å². The van der Waals surface area contributed by atoms with Gasteiger partial charge in [-0.05, 0) is 89.3 Å². The fraction of sp³-hybridized carbons (Fsp3) is 0.424. The largest absolute Gasteiger partial charge is 0.416 e. The second-order valence-electron chi connectivity index (χ2n) is 12.3. The molecule has 0 radical (unpaired) electrons. The monoisotopic (exact) mass is 571 g/mol. The molecule has 2 nitrogen and oxygen atoms in total. The maximum Gasteiger partial charge on any atom is 0.416 e. The molecular weight excluding hydrogens is 538 g/mol. The number of carbonyl (C=O) groups is 1. The molecule has 3 aromatic rings. The number of hydrogen-bond donors (Lipinski definition) is 0. The van der Waals surface area contributed by atoms with Crippen LogP contribution in [0.15, 0.2) is 54.6 Å². The summed E-state index contributed by atoms with van der Waals surface area (Å²) in [6.07, 6.45) is 0.566. The highest BCUT2D eigenvalue weighted by atomic mass is 35.5. The van der Waals surface area contributed by atoms with Crippen molar-refractivity contribution in [3.05, 3.63) is 104 Å². The number of halogens is 5. The van der Waals surface area contributed by atoms with Gasteiger partial charge in [-0.25, -0.2) is 4.39 Å². The zero-order chi connectivity index (χ0) is 28.8. The lowest BCUT2D eigenvalue weighted by Crippen LogP contribution is -2.33. The second-order valence-corrected chi connectivity index (χ2v) is 12.7. The lowest BCUT2D eigenvalue weighted by molar-refractivity contribution is -0.137. The summed E-state index contributed by atoms with van der Waals surface area (Å²) < 4.78 is 55.5. The Labute approximate surface area is 238 Å². The van der Waals surface area contributed by atoms with Crippen LogP contribution in [0.25, 0.3) is 0 Å². The smallest absolute Gasteiger partial charge is 0.334 e. The number of alkyl halides is 3. The Morgan fingerprint density at radius 2 is 1.45 bits per heavy atom. The first-order valence-corrected chi connectivity index (χ1v) is 14.3. The summed E-state index contributed by atoms with van der Waals surface area (Å²) in [6.45, 7) is 6.65. The van der Waals surface area contributed by atoms with Gasteiger partial charge in [-0.2, -0.15) is 13.2 Å². The van der Waals surface area contributed by atoms with Crippen molar-refractivity contribution in [1.82, 2.24) is 4.90 Å². The molecule has 2 aliphatic carbocycles. The molecule has 3 aromatic carbocycles. The van der Waals surface area contributed by atoms with Gasteiger partial charge in [-0.15, -0.1) is 0 Å². The molecule has 212 valence electrons. The summed E-state index contributed by atoms with van der Waals surface area (Å²) in [5.41, 5.74) is 3.93. The molecule has 40 heavy (non-hydrogen) atoms. The van der Waals surface area contributed by atoms with Crippen LogP contribution in [-0.2, 0) is 24.6 Å². The summed E-state index contributed by atoms with van der Waals surface area (Å²) in [7, 11) is 0. The highest BCUT2D eigenvalue weighted by molar-refractivity contribution is 6.31. The lowest BCUT2D eigenvalue weighted by Gasteiger charge is -2.25. The predicted octanol–water partition coefficient (Wildman–Crippen LogP) is 9.44. The van der Waals surface area contributed by atoms with Crippen LogP contribution in [-0.4, -0.2) is 17.4 Å². The number of rotatable bonds is 8. The first-order chi connectivity index (χ1) is 18.8. The van der Waals surface area contributed by atoms with Gasteiger partial charge in [0, 0.05) is 13.1 Å². The zero-order valence-corrected chi connectivity index (χ0v) is 23.8. The Morgan fingerprint density at radius 1 is 0.850 bits per heavy atom. The van der Waals surface area contributed by atoms with Crippen molar-refractivity contribution in [2.75, 3.05) is 6.54 Å². The van der Waals surface area contributed by atoms with Crippen LogP contribution >= 0.6 is 11.6 Å². The van der Waals surface area contributed by atoms with Gasteiger partial charge in [-0.1, -0.05) is 74.8 Å². The Hall–Kier alpha value is -2.86. The minimum absolute atomic E-state index is 0.0577. The van der Waals surface area contributed by atoms with Gasteiger partial charge >= 0.3 is 6.18 Å². The molecule has 7 heteroatoms. The van der Waals surface area contributed by atoms with Crippen LogP contribution in [0.2, 0.25) is 5.02 Å². The Balaban J connectivity index is 1.44. The van der Waals surface area contributed by atoms with E-state index < -0.39 is 34.1 Å². The van der Waals surface area contributed by atoms with Crippen LogP contribution in [0.1, 0.15) is 102 Å². The second kappa shape index (κ2) is 10.8. The predicted molar refractivity (Wildman–Crippen MR) is 150 cm³/mol. The lowest BCUT2D eigenvalue weighted by atomic mass is 9.87. The first kappa shape index (κ1) is 28.7. The van der Waals surface area contributed by atoms with Crippen LogP contribution in [0.4, 0.5) is 17.6 Å². The molecular formula is C33H34ClF4NO. The van der Waals surface area contributed by atoms with Gasteiger partial charge in [0.1, 0.15) is 0 Å². The first-order valence-electron chi connectivity index (χ1n) is 13.9. The van der Waals surface area contributed by atoms with Crippen molar-refractivity contribution in [3.63, 3.8) is 0 Å². The standard InChI is InChI=1S/C33H34ClF4NO/c1-32(2,3)24-11-4-21(5-12-24)19-39(31(40)28-17-25(33(36,37)38)18-29(34)30(28)35)15-14-20-6-13-26(22-7-8-22)27(16-20)23-9-10-23/h4-6,11-13,16-18,22-23H,7-10,14-15,19H2,1-3H3. The molecule has 1 amide bonds. The van der Waals surface area contributed by atoms with E-state index in [0.29, 0.717) is 30.4 Å². The molecule has 0 aliphatic heterocycles. The summed E-state index contributed by atoms with van der Waals surface area (Å²) in [5, 5.41) is -0.725. The molecule has 2 saturated carbocycles. The fourth-order valence-corrected chi connectivity index (χ4v) is 5.44. The van der Waals surface area contributed by atoms with Gasteiger partial charge in [-0.3, -0.25) is 4.79 Å². The van der Waals surface area contributed by atoms with Gasteiger partial charge in [0.15, 0.2) is 5.82 Å². The highest BCUT2D eigenvalue weighted by Crippen LogP contribution is 2.49. The maximum atomic E-state index is 15.0. The third-order valence-electron chi connectivity index (χ3n) is 7.92. The van der Waals surface area contributed by atoms with Crippen molar-refractivity contribution in [1.29, 1.82) is 0 Å². The minimum Gasteiger partial charge on any atom is -0.334 e. The van der Waals surface area contributed by atoms with Crippen molar-refractivity contribution in [2.24, 2.45) is 0 Å². The van der Waals surface area contributed by atoms with E-state index in [2.05, 4.69) is 39.0 Å². The molecule has 0 spiro atoms. The topological polar surface area (TPSA) is 20.3 Å². The van der Waals surface area contributed by atoms with Crippen molar-refractivity contribution >= 4 is 17.5 Å². The normalized spacial score (nSPS) is 15.8. The number of hydrogen-bond acceptors (Lipinski definition) is 1. The SMILES string of the molecule is CC(C)(C)c1ccc(CN(CCc2ccc(C3CC3)c(C3CC3)c2)C(=O)c2cc(C(F)(F)F)cc(Cl)c2F)cc1. The minimum atomic E-state index is -4.76. The van der Waals surface area contributed by atoms with Crippen molar-refractivity contribution in [2.45, 2.75) is 82.8 Å². The van der Waals surface area contributed by atoms with E-state index in [0.717, 1.165) is 16.7 Å². The molecule has 0 aromatic heterocycles. The van der Waals surface area contributed by atoms with Crippen LogP contribution in [0.5, 0.6) is 0 Å². The van der Waals surface area contributed by atoms with Crippen molar-refractivity contribution < 1.29 is 22.4 Å². The van der Waals surface area contributed by atoms with Gasteiger partial charge in [0.2, 0.25) is 0 Å². The van der Waals surface area contributed by atoms with Gasteiger partial charge in [0.25, 0.3) is 5.91 Å². The number of amides is 1.